The van der Waals surface area contributed by atoms with Crippen molar-refractivity contribution in [2.75, 3.05) is 45.9 Å². The molecule has 7 heteroatoms. The van der Waals surface area contributed by atoms with Gasteiger partial charge in [0.15, 0.2) is 0 Å². The van der Waals surface area contributed by atoms with Crippen molar-refractivity contribution in [3.8, 4) is 0 Å². The van der Waals surface area contributed by atoms with E-state index in [1.807, 2.05) is 4.90 Å². The van der Waals surface area contributed by atoms with Gasteiger partial charge in [0.2, 0.25) is 0 Å². The highest BCUT2D eigenvalue weighted by atomic mass is 16.5. The Hall–Kier alpha value is -1.60. The molecule has 2 amide bonds. The van der Waals surface area contributed by atoms with E-state index in [0.717, 1.165) is 19.6 Å². The number of aromatic nitrogens is 2. The minimum Gasteiger partial charge on any atom is -0.378 e. The quantitative estimate of drug-likeness (QED) is 0.841. The first-order chi connectivity index (χ1) is 14.2. The minimum absolute atomic E-state index is 0.0698. The molecule has 0 aromatic carbocycles. The number of aryl methyl sites for hydroxylation is 1. The van der Waals surface area contributed by atoms with Crippen molar-refractivity contribution in [3.63, 3.8) is 0 Å². The van der Waals surface area contributed by atoms with Gasteiger partial charge in [-0.3, -0.25) is 9.58 Å². The van der Waals surface area contributed by atoms with E-state index in [1.165, 1.54) is 49.9 Å². The zero-order valence-corrected chi connectivity index (χ0v) is 17.7. The summed E-state index contributed by atoms with van der Waals surface area (Å²) in [4.78, 5) is 16.9. The molecule has 5 fully saturated rings. The summed E-state index contributed by atoms with van der Waals surface area (Å²) in [6.07, 6.45) is 7.77. The van der Waals surface area contributed by atoms with Gasteiger partial charge in [0.1, 0.15) is 0 Å². The molecular formula is C22H35N5O2. The first kappa shape index (κ1) is 19.4. The average molecular weight is 402 g/mol. The van der Waals surface area contributed by atoms with Crippen molar-refractivity contribution >= 4 is 6.03 Å². The molecule has 6 rings (SSSR count). The number of piperidine rings is 3. The largest absolute Gasteiger partial charge is 0.378 e. The molecule has 4 atom stereocenters. The van der Waals surface area contributed by atoms with Crippen LogP contribution in [0.5, 0.6) is 0 Å². The molecule has 1 saturated carbocycles. The molecular weight excluding hydrogens is 366 g/mol. The van der Waals surface area contributed by atoms with Crippen LogP contribution in [0.1, 0.15) is 61.7 Å². The van der Waals surface area contributed by atoms with Gasteiger partial charge in [0.05, 0.1) is 18.9 Å². The fraction of sp³-hybridized carbons (Fsp3) is 0.818. The second-order valence-corrected chi connectivity index (χ2v) is 9.42. The Bertz CT molecular complexity index is 723. The Morgan fingerprint density at radius 3 is 2.72 bits per heavy atom. The summed E-state index contributed by atoms with van der Waals surface area (Å²) in [6, 6.07) is 2.95. The molecule has 0 radical (unpaired) electrons. The van der Waals surface area contributed by atoms with Crippen LogP contribution >= 0.6 is 0 Å². The first-order valence-corrected chi connectivity index (χ1v) is 11.6. The van der Waals surface area contributed by atoms with E-state index in [2.05, 4.69) is 28.0 Å². The smallest absolute Gasteiger partial charge is 0.317 e. The molecule has 5 aliphatic rings. The third-order valence-corrected chi connectivity index (χ3v) is 7.75. The Kier molecular flexibility index (Phi) is 5.52. The second kappa shape index (κ2) is 8.26. The Morgan fingerprint density at radius 2 is 2.00 bits per heavy atom. The molecule has 4 aliphatic heterocycles. The van der Waals surface area contributed by atoms with Crippen LogP contribution in [0.4, 0.5) is 4.79 Å². The van der Waals surface area contributed by atoms with Gasteiger partial charge in [0, 0.05) is 56.8 Å². The number of nitrogens with zero attached hydrogens (tertiary/aromatic N) is 4. The molecule has 29 heavy (non-hydrogen) atoms. The molecule has 1 N–H and O–H groups in total. The van der Waals surface area contributed by atoms with Crippen LogP contribution in [-0.2, 0) is 11.8 Å². The van der Waals surface area contributed by atoms with Gasteiger partial charge in [-0.1, -0.05) is 12.8 Å². The fourth-order valence-corrected chi connectivity index (χ4v) is 6.04. The molecule has 160 valence electrons. The van der Waals surface area contributed by atoms with E-state index in [9.17, 15) is 4.79 Å². The number of carbonyl (C=O) groups excluding carboxylic acids is 1. The normalized spacial score (nSPS) is 32.7. The number of rotatable bonds is 4. The maximum atomic E-state index is 12.4. The minimum atomic E-state index is 0.0698. The summed E-state index contributed by atoms with van der Waals surface area (Å²) in [5, 5.41) is 8.09. The van der Waals surface area contributed by atoms with Crippen LogP contribution in [0.2, 0.25) is 0 Å². The molecule has 1 aromatic heterocycles. The second-order valence-electron chi connectivity index (χ2n) is 9.42. The third kappa shape index (κ3) is 3.91. The van der Waals surface area contributed by atoms with Crippen LogP contribution in [0.25, 0.3) is 0 Å². The number of hydrogen-bond donors (Lipinski definition) is 1. The monoisotopic (exact) mass is 401 g/mol. The van der Waals surface area contributed by atoms with Crippen LogP contribution < -0.4 is 5.32 Å². The average Bonchev–Trinajstić information content (AvgIpc) is 3.43. The number of carbonyl (C=O) groups is 1. The lowest BCUT2D eigenvalue weighted by atomic mass is 9.74. The number of hydrogen-bond acceptors (Lipinski definition) is 4. The lowest BCUT2D eigenvalue weighted by molar-refractivity contribution is 0.0265. The summed E-state index contributed by atoms with van der Waals surface area (Å²) in [5.41, 5.74) is 2.75. The summed E-state index contributed by atoms with van der Waals surface area (Å²) in [7, 11) is 2.13. The molecule has 7 nitrogen and oxygen atoms in total. The van der Waals surface area contributed by atoms with Gasteiger partial charge < -0.3 is 15.0 Å². The highest BCUT2D eigenvalue weighted by Gasteiger charge is 2.42. The van der Waals surface area contributed by atoms with E-state index in [1.54, 1.807) is 0 Å². The number of urea groups is 1. The van der Waals surface area contributed by atoms with Crippen LogP contribution in [0, 0.1) is 5.92 Å². The number of morpholine rings is 1. The number of ether oxygens (including phenoxy) is 1. The predicted octanol–water partition coefficient (Wildman–Crippen LogP) is 2.30. The summed E-state index contributed by atoms with van der Waals surface area (Å²) < 4.78 is 7.51. The summed E-state index contributed by atoms with van der Waals surface area (Å²) in [6.45, 7) is 5.74. The zero-order chi connectivity index (χ0) is 19.8. The molecule has 0 spiro atoms. The lowest BCUT2D eigenvalue weighted by Gasteiger charge is -2.50. The summed E-state index contributed by atoms with van der Waals surface area (Å²) >= 11 is 0. The van der Waals surface area contributed by atoms with Crippen LogP contribution in [0.15, 0.2) is 6.07 Å². The van der Waals surface area contributed by atoms with E-state index < -0.39 is 0 Å². The van der Waals surface area contributed by atoms with Crippen LogP contribution in [0.3, 0.4) is 0 Å². The highest BCUT2D eigenvalue weighted by Crippen LogP contribution is 2.43. The van der Waals surface area contributed by atoms with Crippen LogP contribution in [-0.4, -0.2) is 77.6 Å². The summed E-state index contributed by atoms with van der Waals surface area (Å²) in [5.74, 6) is 1.97. The fourth-order valence-electron chi connectivity index (χ4n) is 6.04. The van der Waals surface area contributed by atoms with Gasteiger partial charge in [-0.05, 0) is 44.2 Å². The lowest BCUT2D eigenvalue weighted by Crippen LogP contribution is -2.57. The van der Waals surface area contributed by atoms with Crippen molar-refractivity contribution in [1.29, 1.82) is 0 Å². The third-order valence-electron chi connectivity index (χ3n) is 7.75. The van der Waals surface area contributed by atoms with Crippen molar-refractivity contribution in [3.05, 3.63) is 17.5 Å². The van der Waals surface area contributed by atoms with E-state index >= 15 is 0 Å². The molecule has 2 bridgehead atoms. The van der Waals surface area contributed by atoms with Gasteiger partial charge in [0.25, 0.3) is 0 Å². The Labute approximate surface area is 173 Å². The number of nitrogens with one attached hydrogen (secondary N) is 1. The molecule has 4 saturated heterocycles. The maximum absolute atomic E-state index is 12.4. The van der Waals surface area contributed by atoms with Crippen molar-refractivity contribution < 1.29 is 9.53 Å². The standard InChI is InChI=1S/C22H35N5O2/c1-25-21(13-20(24-25)16-4-2-3-5-16)19-15-27-7-6-17(19)12-18(27)14-23-22(28)26-8-10-29-11-9-26/h13,16-19H,2-12,14-15H2,1H3,(H,23,28). The Balaban J connectivity index is 1.20. The topological polar surface area (TPSA) is 62.6 Å². The Morgan fingerprint density at radius 1 is 1.21 bits per heavy atom. The van der Waals surface area contributed by atoms with Crippen molar-refractivity contribution in [2.24, 2.45) is 13.0 Å². The molecule has 1 aromatic rings. The van der Waals surface area contributed by atoms with Crippen molar-refractivity contribution in [2.45, 2.75) is 56.4 Å². The first-order valence-electron chi connectivity index (χ1n) is 11.6. The van der Waals surface area contributed by atoms with Crippen molar-refractivity contribution in [1.82, 2.24) is 24.9 Å². The highest BCUT2D eigenvalue weighted by molar-refractivity contribution is 5.74. The van der Waals surface area contributed by atoms with E-state index in [4.69, 9.17) is 9.84 Å². The number of fused-ring (bicyclic) bond motifs is 3. The zero-order valence-electron chi connectivity index (χ0n) is 17.7. The molecule has 1 aliphatic carbocycles. The number of amides is 2. The molecule has 5 heterocycles. The predicted molar refractivity (Wildman–Crippen MR) is 111 cm³/mol. The van der Waals surface area contributed by atoms with Gasteiger partial charge in [-0.25, -0.2) is 4.79 Å². The van der Waals surface area contributed by atoms with E-state index in [0.29, 0.717) is 50.1 Å². The SMILES string of the molecule is Cn1nc(C2CCCC2)cc1C1CN2CCC1CC2CNC(=O)N1CCOCC1. The molecule has 4 unspecified atom stereocenters. The van der Waals surface area contributed by atoms with Gasteiger partial charge in [-0.15, -0.1) is 0 Å². The van der Waals surface area contributed by atoms with Gasteiger partial charge in [-0.2, -0.15) is 5.10 Å². The van der Waals surface area contributed by atoms with E-state index in [-0.39, 0.29) is 6.03 Å². The van der Waals surface area contributed by atoms with Gasteiger partial charge >= 0.3 is 6.03 Å². The maximum Gasteiger partial charge on any atom is 0.317 e.